The molecule has 2 heteroatoms. The van der Waals surface area contributed by atoms with Crippen LogP contribution in [-0.4, -0.2) is 11.9 Å². The van der Waals surface area contributed by atoms with Crippen molar-refractivity contribution in [2.24, 2.45) is 9.98 Å². The van der Waals surface area contributed by atoms with E-state index >= 15 is 0 Å². The molecule has 3 rings (SSSR count). The van der Waals surface area contributed by atoms with Crippen molar-refractivity contribution in [2.45, 2.75) is 26.2 Å². The molecule has 0 radical (unpaired) electrons. The Morgan fingerprint density at radius 2 is 1.67 bits per heavy atom. The van der Waals surface area contributed by atoms with Gasteiger partial charge in [0.15, 0.2) is 0 Å². The predicted molar refractivity (Wildman–Crippen MR) is 76.3 cm³/mol. The molecule has 1 aromatic rings. The highest BCUT2D eigenvalue weighted by atomic mass is 14.8. The first-order valence-corrected chi connectivity index (χ1v) is 6.19. The van der Waals surface area contributed by atoms with Crippen LogP contribution in [0.15, 0.2) is 57.8 Å². The highest BCUT2D eigenvalue weighted by Gasteiger charge is 2.21. The van der Waals surface area contributed by atoms with Gasteiger partial charge in [-0.05, 0) is 11.0 Å². The van der Waals surface area contributed by atoms with Gasteiger partial charge in [-0.15, -0.1) is 0 Å². The van der Waals surface area contributed by atoms with E-state index in [1.807, 2.05) is 18.6 Å². The Kier molecular flexibility index (Phi) is 2.34. The third kappa shape index (κ3) is 1.74. The molecule has 2 aliphatic rings. The van der Waals surface area contributed by atoms with Crippen LogP contribution < -0.4 is 0 Å². The van der Waals surface area contributed by atoms with Crippen LogP contribution >= 0.6 is 0 Å². The van der Waals surface area contributed by atoms with E-state index in [2.05, 4.69) is 55.0 Å². The fourth-order valence-electron chi connectivity index (χ4n) is 2.20. The lowest BCUT2D eigenvalue weighted by molar-refractivity contribution is 0.590. The minimum Gasteiger partial charge on any atom is -0.263 e. The number of allylic oxidation sites excluding steroid dienone is 2. The minimum absolute atomic E-state index is 0.190. The molecule has 1 aromatic carbocycles. The maximum Gasteiger partial charge on any atom is 0.0797 e. The van der Waals surface area contributed by atoms with E-state index < -0.39 is 0 Å². The Bertz CT molecular complexity index is 605. The largest absolute Gasteiger partial charge is 0.263 e. The number of aliphatic imine (C=N–C) groups is 2. The molecular formula is C16H16N2. The molecule has 0 aromatic heterocycles. The Morgan fingerprint density at radius 3 is 2.33 bits per heavy atom. The van der Waals surface area contributed by atoms with Gasteiger partial charge in [-0.1, -0.05) is 45.0 Å². The lowest BCUT2D eigenvalue weighted by atomic mass is 9.86. The topological polar surface area (TPSA) is 24.7 Å². The van der Waals surface area contributed by atoms with E-state index in [0.29, 0.717) is 0 Å². The van der Waals surface area contributed by atoms with E-state index in [0.717, 1.165) is 22.4 Å². The zero-order valence-electron chi connectivity index (χ0n) is 10.9. The normalized spacial score (nSPS) is 17.4. The average Bonchev–Trinajstić information content (AvgIpc) is 2.89. The first-order chi connectivity index (χ1) is 8.55. The molecule has 0 saturated heterocycles. The monoisotopic (exact) mass is 236 g/mol. The number of nitrogens with zero attached hydrogens (tertiary/aromatic N) is 2. The Hall–Kier alpha value is -1.96. The quantitative estimate of drug-likeness (QED) is 0.711. The first-order valence-electron chi connectivity index (χ1n) is 6.19. The van der Waals surface area contributed by atoms with Crippen LogP contribution in [0.1, 0.15) is 31.9 Å². The van der Waals surface area contributed by atoms with E-state index in [1.54, 1.807) is 0 Å². The minimum atomic E-state index is 0.190. The molecule has 0 atom stereocenters. The van der Waals surface area contributed by atoms with Crippen molar-refractivity contribution in [1.82, 2.24) is 0 Å². The van der Waals surface area contributed by atoms with Gasteiger partial charge >= 0.3 is 0 Å². The van der Waals surface area contributed by atoms with E-state index in [-0.39, 0.29) is 5.41 Å². The number of hydrogen-bond donors (Lipinski definition) is 0. The van der Waals surface area contributed by atoms with E-state index in [4.69, 9.17) is 0 Å². The van der Waals surface area contributed by atoms with Gasteiger partial charge in [-0.25, -0.2) is 0 Å². The standard InChI is InChI=1S/C16H16N2/c1-16(2,3)13-6-4-11(5-7-13)15-14-10-17-8-12(14)9-18-15/h4-10H,1-3H3. The summed E-state index contributed by atoms with van der Waals surface area (Å²) in [6, 6.07) is 8.67. The lowest BCUT2D eigenvalue weighted by Gasteiger charge is -2.19. The summed E-state index contributed by atoms with van der Waals surface area (Å²) in [5.74, 6) is 0. The third-order valence-corrected chi connectivity index (χ3v) is 3.34. The van der Waals surface area contributed by atoms with Crippen LogP contribution in [0.5, 0.6) is 0 Å². The van der Waals surface area contributed by atoms with Crippen LogP contribution in [0.25, 0.3) is 0 Å². The van der Waals surface area contributed by atoms with Gasteiger partial charge in [0.1, 0.15) is 0 Å². The molecular weight excluding hydrogens is 220 g/mol. The molecule has 18 heavy (non-hydrogen) atoms. The first kappa shape index (κ1) is 11.1. The lowest BCUT2D eigenvalue weighted by Crippen LogP contribution is -2.11. The summed E-state index contributed by atoms with van der Waals surface area (Å²) in [5, 5.41) is 0. The molecule has 0 unspecified atom stereocenters. The van der Waals surface area contributed by atoms with Gasteiger partial charge in [-0.3, -0.25) is 9.98 Å². The summed E-state index contributed by atoms with van der Waals surface area (Å²) >= 11 is 0. The number of rotatable bonds is 1. The van der Waals surface area contributed by atoms with Crippen molar-refractivity contribution >= 4 is 11.9 Å². The van der Waals surface area contributed by atoms with Crippen LogP contribution in [-0.2, 0) is 5.41 Å². The van der Waals surface area contributed by atoms with Gasteiger partial charge in [0.2, 0.25) is 0 Å². The summed E-state index contributed by atoms with van der Waals surface area (Å²) < 4.78 is 0. The number of hydrogen-bond acceptors (Lipinski definition) is 2. The average molecular weight is 236 g/mol. The molecule has 2 nitrogen and oxygen atoms in total. The van der Waals surface area contributed by atoms with Crippen LogP contribution in [0.3, 0.4) is 0 Å². The van der Waals surface area contributed by atoms with Crippen molar-refractivity contribution < 1.29 is 0 Å². The number of benzene rings is 1. The molecule has 0 fully saturated rings. The van der Waals surface area contributed by atoms with Crippen molar-refractivity contribution in [3.8, 4) is 0 Å². The molecule has 0 aliphatic carbocycles. The maximum atomic E-state index is 4.48. The summed E-state index contributed by atoms with van der Waals surface area (Å²) in [7, 11) is 0. The summed E-state index contributed by atoms with van der Waals surface area (Å²) in [6.45, 7) is 6.67. The van der Waals surface area contributed by atoms with Gasteiger partial charge in [0.25, 0.3) is 0 Å². The Morgan fingerprint density at radius 1 is 0.944 bits per heavy atom. The Balaban J connectivity index is 1.92. The summed E-state index contributed by atoms with van der Waals surface area (Å²) in [6.07, 6.45) is 5.63. The molecule has 0 amide bonds. The van der Waals surface area contributed by atoms with Gasteiger partial charge in [0.05, 0.1) is 5.71 Å². The van der Waals surface area contributed by atoms with Crippen molar-refractivity contribution in [2.75, 3.05) is 0 Å². The van der Waals surface area contributed by atoms with Crippen LogP contribution in [0, 0.1) is 0 Å². The zero-order valence-corrected chi connectivity index (χ0v) is 10.9. The smallest absolute Gasteiger partial charge is 0.0797 e. The second kappa shape index (κ2) is 3.77. The molecule has 2 aliphatic heterocycles. The summed E-state index contributed by atoms with van der Waals surface area (Å²) in [5.41, 5.74) is 5.97. The highest BCUT2D eigenvalue weighted by Crippen LogP contribution is 2.27. The molecule has 0 spiro atoms. The third-order valence-electron chi connectivity index (χ3n) is 3.34. The maximum absolute atomic E-state index is 4.48. The van der Waals surface area contributed by atoms with Crippen LogP contribution in [0.4, 0.5) is 0 Å². The molecule has 0 N–H and O–H groups in total. The number of fused-ring (bicyclic) bond motifs is 1. The molecule has 0 bridgehead atoms. The van der Waals surface area contributed by atoms with Crippen molar-refractivity contribution in [3.05, 3.63) is 58.9 Å². The highest BCUT2D eigenvalue weighted by molar-refractivity contribution is 6.22. The SMILES string of the molecule is CC(C)(C)c1ccc(C2=NC=C3C=NC=C32)cc1. The second-order valence-corrected chi connectivity index (χ2v) is 5.71. The predicted octanol–water partition coefficient (Wildman–Crippen LogP) is 3.64. The zero-order chi connectivity index (χ0) is 12.8. The fourth-order valence-corrected chi connectivity index (χ4v) is 2.20. The van der Waals surface area contributed by atoms with Crippen molar-refractivity contribution in [1.29, 1.82) is 0 Å². The molecule has 0 saturated carbocycles. The molecule has 2 heterocycles. The van der Waals surface area contributed by atoms with Gasteiger partial charge in [0, 0.05) is 35.3 Å². The Labute approximate surface area is 107 Å². The van der Waals surface area contributed by atoms with E-state index in [9.17, 15) is 0 Å². The molecule has 90 valence electrons. The van der Waals surface area contributed by atoms with Gasteiger partial charge < -0.3 is 0 Å². The van der Waals surface area contributed by atoms with Crippen LogP contribution in [0.2, 0.25) is 0 Å². The van der Waals surface area contributed by atoms with Gasteiger partial charge in [-0.2, -0.15) is 0 Å². The van der Waals surface area contributed by atoms with Crippen molar-refractivity contribution in [3.63, 3.8) is 0 Å². The second-order valence-electron chi connectivity index (χ2n) is 5.71. The van der Waals surface area contributed by atoms with E-state index in [1.165, 1.54) is 5.56 Å². The fraction of sp³-hybridized carbons (Fsp3) is 0.250. The summed E-state index contributed by atoms with van der Waals surface area (Å²) in [4.78, 5) is 8.64.